The van der Waals surface area contributed by atoms with Crippen molar-refractivity contribution in [3.05, 3.63) is 64.2 Å². The zero-order valence-corrected chi connectivity index (χ0v) is 16.5. The van der Waals surface area contributed by atoms with Crippen molar-refractivity contribution >= 4 is 27.3 Å². The number of rotatable bonds is 6. The molecule has 1 aromatic carbocycles. The van der Waals surface area contributed by atoms with E-state index in [2.05, 4.69) is 9.82 Å². The van der Waals surface area contributed by atoms with Gasteiger partial charge >= 0.3 is 0 Å². The molecule has 27 heavy (non-hydrogen) atoms. The van der Waals surface area contributed by atoms with E-state index < -0.39 is 10.0 Å². The number of aryl methyl sites for hydroxylation is 1. The van der Waals surface area contributed by atoms with Crippen molar-refractivity contribution < 1.29 is 8.42 Å². The molecule has 0 amide bonds. The van der Waals surface area contributed by atoms with Gasteiger partial charge in [-0.15, -0.1) is 0 Å². The molecule has 0 saturated heterocycles. The van der Waals surface area contributed by atoms with Crippen LogP contribution in [0, 0.1) is 0 Å². The highest BCUT2D eigenvalue weighted by molar-refractivity contribution is 7.92. The van der Waals surface area contributed by atoms with Crippen molar-refractivity contribution in [2.24, 2.45) is 0 Å². The summed E-state index contributed by atoms with van der Waals surface area (Å²) in [6, 6.07) is 9.92. The van der Waals surface area contributed by atoms with Crippen LogP contribution >= 0.6 is 11.6 Å². The molecule has 0 radical (unpaired) electrons. The minimum atomic E-state index is -3.37. The third kappa shape index (κ3) is 4.58. The summed E-state index contributed by atoms with van der Waals surface area (Å²) in [4.78, 5) is 11.9. The lowest BCUT2D eigenvalue weighted by Crippen LogP contribution is -2.19. The van der Waals surface area contributed by atoms with Crippen molar-refractivity contribution in [3.63, 3.8) is 0 Å². The molecule has 142 valence electrons. The van der Waals surface area contributed by atoms with Crippen LogP contribution in [0.15, 0.2) is 53.6 Å². The molecule has 0 saturated carbocycles. The Kier molecular flexibility index (Phi) is 5.38. The molecule has 0 aliphatic carbocycles. The first-order chi connectivity index (χ1) is 12.8. The highest BCUT2D eigenvalue weighted by Crippen LogP contribution is 2.29. The number of pyridine rings is 1. The Morgan fingerprint density at radius 3 is 2.63 bits per heavy atom. The maximum Gasteiger partial charge on any atom is 0.250 e. The van der Waals surface area contributed by atoms with E-state index in [9.17, 15) is 13.2 Å². The monoisotopic (exact) mass is 406 g/mol. The van der Waals surface area contributed by atoms with Gasteiger partial charge in [-0.3, -0.25) is 9.52 Å². The smallest absolute Gasteiger partial charge is 0.250 e. The average molecular weight is 407 g/mol. The predicted molar refractivity (Wildman–Crippen MR) is 107 cm³/mol. The zero-order chi connectivity index (χ0) is 19.6. The topological polar surface area (TPSA) is 86.0 Å². The zero-order valence-electron chi connectivity index (χ0n) is 14.9. The summed E-state index contributed by atoms with van der Waals surface area (Å²) in [5.74, 6) is 0. The molecule has 0 aliphatic rings. The third-order valence-corrected chi connectivity index (χ3v) is 4.75. The molecule has 0 fully saturated rings. The first-order valence-corrected chi connectivity index (χ1v) is 10.6. The highest BCUT2D eigenvalue weighted by atomic mass is 35.5. The molecule has 0 spiro atoms. The number of anilines is 1. The molecule has 3 aromatic rings. The first-order valence-electron chi connectivity index (χ1n) is 8.31. The summed E-state index contributed by atoms with van der Waals surface area (Å²) in [5.41, 5.74) is 2.42. The van der Waals surface area contributed by atoms with Crippen molar-refractivity contribution in [3.8, 4) is 16.9 Å². The van der Waals surface area contributed by atoms with Crippen molar-refractivity contribution in [2.45, 2.75) is 19.9 Å². The van der Waals surface area contributed by atoms with Crippen molar-refractivity contribution in [1.29, 1.82) is 0 Å². The van der Waals surface area contributed by atoms with Gasteiger partial charge in [0.1, 0.15) is 0 Å². The number of aromatic nitrogens is 3. The lowest BCUT2D eigenvalue weighted by atomic mass is 10.1. The largest absolute Gasteiger partial charge is 0.313 e. The van der Waals surface area contributed by atoms with Gasteiger partial charge in [0.15, 0.2) is 0 Å². The Morgan fingerprint density at radius 2 is 1.96 bits per heavy atom. The van der Waals surface area contributed by atoms with E-state index >= 15 is 0 Å². The van der Waals surface area contributed by atoms with Crippen LogP contribution in [0.2, 0.25) is 5.02 Å². The van der Waals surface area contributed by atoms with Gasteiger partial charge in [-0.25, -0.2) is 13.1 Å². The Balaban J connectivity index is 1.92. The molecule has 0 aliphatic heterocycles. The summed E-state index contributed by atoms with van der Waals surface area (Å²) >= 11 is 6.31. The van der Waals surface area contributed by atoms with E-state index in [4.69, 9.17) is 11.6 Å². The van der Waals surface area contributed by atoms with Gasteiger partial charge in [0.05, 0.1) is 22.7 Å². The van der Waals surface area contributed by atoms with E-state index in [1.807, 2.05) is 6.92 Å². The predicted octanol–water partition coefficient (Wildman–Crippen LogP) is 3.14. The van der Waals surface area contributed by atoms with Gasteiger partial charge < -0.3 is 4.57 Å². The van der Waals surface area contributed by atoms with Crippen LogP contribution in [-0.4, -0.2) is 29.0 Å². The molecule has 2 aromatic heterocycles. The Hall–Kier alpha value is -2.58. The minimum Gasteiger partial charge on any atom is -0.313 e. The maximum atomic E-state index is 11.9. The SMILES string of the molecule is CCCn1cc(-n2ccc(-c3ccc(NS(C)(=O)=O)cc3Cl)n2)ccc1=O. The Labute approximate surface area is 162 Å². The van der Waals surface area contributed by atoms with Crippen LogP contribution in [0.4, 0.5) is 5.69 Å². The van der Waals surface area contributed by atoms with Crippen LogP contribution in [0.1, 0.15) is 13.3 Å². The highest BCUT2D eigenvalue weighted by Gasteiger charge is 2.11. The molecule has 1 N–H and O–H groups in total. The van der Waals surface area contributed by atoms with Gasteiger partial charge in [-0.05, 0) is 36.8 Å². The van der Waals surface area contributed by atoms with Gasteiger partial charge in [0.25, 0.3) is 5.56 Å². The molecule has 7 nitrogen and oxygen atoms in total. The molecule has 0 atom stereocenters. The number of hydrogen-bond acceptors (Lipinski definition) is 4. The Bertz CT molecular complexity index is 1140. The third-order valence-electron chi connectivity index (χ3n) is 3.83. The lowest BCUT2D eigenvalue weighted by Gasteiger charge is -2.08. The maximum absolute atomic E-state index is 11.9. The van der Waals surface area contributed by atoms with Crippen molar-refractivity contribution in [1.82, 2.24) is 14.3 Å². The number of halogens is 1. The average Bonchev–Trinajstić information content (AvgIpc) is 3.05. The fourth-order valence-corrected chi connectivity index (χ4v) is 3.51. The summed E-state index contributed by atoms with van der Waals surface area (Å²) in [6.07, 6.45) is 5.49. The van der Waals surface area contributed by atoms with Crippen LogP contribution in [0.3, 0.4) is 0 Å². The second-order valence-electron chi connectivity index (χ2n) is 6.13. The second kappa shape index (κ2) is 7.58. The Morgan fingerprint density at radius 1 is 1.19 bits per heavy atom. The van der Waals surface area contributed by atoms with Crippen LogP contribution in [0.5, 0.6) is 0 Å². The molecular formula is C18H19ClN4O3S. The van der Waals surface area contributed by atoms with Gasteiger partial charge in [-0.2, -0.15) is 5.10 Å². The number of nitrogens with one attached hydrogen (secondary N) is 1. The lowest BCUT2D eigenvalue weighted by molar-refractivity contribution is 0.607. The number of sulfonamides is 1. The molecule has 0 bridgehead atoms. The minimum absolute atomic E-state index is 0.0509. The van der Waals surface area contributed by atoms with Crippen molar-refractivity contribution in [2.75, 3.05) is 11.0 Å². The fourth-order valence-electron chi connectivity index (χ4n) is 2.68. The normalized spacial score (nSPS) is 11.5. The van der Waals surface area contributed by atoms with E-state index in [1.54, 1.807) is 52.0 Å². The first kappa shape index (κ1) is 19.2. The van der Waals surface area contributed by atoms with E-state index in [-0.39, 0.29) is 5.56 Å². The quantitative estimate of drug-likeness (QED) is 0.681. The molecule has 2 heterocycles. The standard InChI is InChI=1S/C18H19ClN4O3S/c1-3-9-22-12-14(5-7-18(22)24)23-10-8-17(20-23)15-6-4-13(11-16(15)19)21-27(2,25)26/h4-8,10-12,21H,3,9H2,1-2H3. The summed E-state index contributed by atoms with van der Waals surface area (Å²) in [7, 11) is -3.37. The summed E-state index contributed by atoms with van der Waals surface area (Å²) in [5, 5.41) is 4.90. The van der Waals surface area contributed by atoms with Gasteiger partial charge in [-0.1, -0.05) is 18.5 Å². The molecular weight excluding hydrogens is 388 g/mol. The summed E-state index contributed by atoms with van der Waals surface area (Å²) in [6.45, 7) is 2.65. The van der Waals surface area contributed by atoms with E-state index in [1.165, 1.54) is 6.07 Å². The van der Waals surface area contributed by atoms with Crippen LogP contribution < -0.4 is 10.3 Å². The number of hydrogen-bond donors (Lipinski definition) is 1. The second-order valence-corrected chi connectivity index (χ2v) is 8.29. The van der Waals surface area contributed by atoms with Crippen LogP contribution in [0.25, 0.3) is 16.9 Å². The van der Waals surface area contributed by atoms with E-state index in [0.717, 1.165) is 18.4 Å². The number of nitrogens with zero attached hydrogens (tertiary/aromatic N) is 3. The number of benzene rings is 1. The van der Waals surface area contributed by atoms with Gasteiger partial charge in [0, 0.05) is 36.3 Å². The van der Waals surface area contributed by atoms with Gasteiger partial charge in [0.2, 0.25) is 10.0 Å². The van der Waals surface area contributed by atoms with Crippen LogP contribution in [-0.2, 0) is 16.6 Å². The fraction of sp³-hybridized carbons (Fsp3) is 0.222. The molecule has 9 heteroatoms. The molecule has 0 unspecified atom stereocenters. The molecule has 3 rings (SSSR count). The summed E-state index contributed by atoms with van der Waals surface area (Å²) < 4.78 is 28.4. The van der Waals surface area contributed by atoms with E-state index in [0.29, 0.717) is 28.5 Å².